The van der Waals surface area contributed by atoms with Crippen molar-refractivity contribution >= 4 is 35.0 Å². The van der Waals surface area contributed by atoms with Gasteiger partial charge in [-0.1, -0.05) is 29.8 Å². The quantitative estimate of drug-likeness (QED) is 0.352. The summed E-state index contributed by atoms with van der Waals surface area (Å²) in [6.07, 6.45) is 0. The van der Waals surface area contributed by atoms with Crippen molar-refractivity contribution in [3.63, 3.8) is 0 Å². The summed E-state index contributed by atoms with van der Waals surface area (Å²) in [4.78, 5) is 34.2. The largest absolute Gasteiger partial charge is 0.455 e. The molecule has 2 aromatic rings. The summed E-state index contributed by atoms with van der Waals surface area (Å²) >= 11 is 0.993. The van der Waals surface area contributed by atoms with Gasteiger partial charge in [-0.15, -0.1) is 11.8 Å². The smallest absolute Gasteiger partial charge is 0.316 e. The van der Waals surface area contributed by atoms with Crippen molar-refractivity contribution < 1.29 is 19.2 Å². The molecule has 25 heavy (non-hydrogen) atoms. The van der Waals surface area contributed by atoms with Gasteiger partial charge in [0.15, 0.2) is 6.61 Å². The van der Waals surface area contributed by atoms with Gasteiger partial charge in [0.25, 0.3) is 11.6 Å². The van der Waals surface area contributed by atoms with Crippen LogP contribution in [0.5, 0.6) is 0 Å². The van der Waals surface area contributed by atoms with E-state index in [0.717, 1.165) is 17.3 Å². The number of carbonyl (C=O) groups excluding carboxylic acids is 2. The third-order valence-corrected chi connectivity index (χ3v) is 4.14. The summed E-state index contributed by atoms with van der Waals surface area (Å²) in [6.45, 7) is 1.52. The highest BCUT2D eigenvalue weighted by Gasteiger charge is 2.15. The van der Waals surface area contributed by atoms with E-state index in [2.05, 4.69) is 5.32 Å². The Balaban J connectivity index is 1.78. The molecule has 0 saturated heterocycles. The molecule has 1 amide bonds. The number of hydrogen-bond donors (Lipinski definition) is 1. The number of para-hydroxylation sites is 1. The van der Waals surface area contributed by atoms with E-state index in [0.29, 0.717) is 10.6 Å². The van der Waals surface area contributed by atoms with E-state index >= 15 is 0 Å². The van der Waals surface area contributed by atoms with Crippen molar-refractivity contribution in [2.24, 2.45) is 0 Å². The Kier molecular flexibility index (Phi) is 6.53. The first-order chi connectivity index (χ1) is 12.0. The number of nitrogens with zero attached hydrogens (tertiary/aromatic N) is 1. The molecule has 0 atom stereocenters. The van der Waals surface area contributed by atoms with Gasteiger partial charge in [-0.3, -0.25) is 19.7 Å². The van der Waals surface area contributed by atoms with E-state index in [-0.39, 0.29) is 11.4 Å². The van der Waals surface area contributed by atoms with Crippen LogP contribution in [0.15, 0.2) is 53.4 Å². The molecular formula is C17H16N2O5S. The first-order valence-electron chi connectivity index (χ1n) is 7.34. The van der Waals surface area contributed by atoms with Crippen LogP contribution < -0.4 is 5.32 Å². The fourth-order valence-electron chi connectivity index (χ4n) is 1.89. The molecule has 7 nitrogen and oxygen atoms in total. The van der Waals surface area contributed by atoms with Crippen LogP contribution in [0.3, 0.4) is 0 Å². The minimum Gasteiger partial charge on any atom is -0.455 e. The number of rotatable bonds is 7. The highest BCUT2D eigenvalue weighted by atomic mass is 32.2. The zero-order valence-electron chi connectivity index (χ0n) is 13.4. The van der Waals surface area contributed by atoms with Crippen LogP contribution >= 0.6 is 11.8 Å². The molecule has 0 fully saturated rings. The van der Waals surface area contributed by atoms with Gasteiger partial charge < -0.3 is 10.1 Å². The Hall–Kier alpha value is -2.87. The van der Waals surface area contributed by atoms with Crippen LogP contribution in [-0.4, -0.2) is 29.2 Å². The molecule has 130 valence electrons. The highest BCUT2D eigenvalue weighted by molar-refractivity contribution is 8.00. The number of nitrogens with one attached hydrogen (secondary N) is 1. The van der Waals surface area contributed by atoms with Gasteiger partial charge in [-0.05, 0) is 25.1 Å². The first-order valence-corrected chi connectivity index (χ1v) is 8.32. The maximum absolute atomic E-state index is 11.7. The average Bonchev–Trinajstić information content (AvgIpc) is 2.60. The number of ether oxygens (including phenoxy) is 1. The molecule has 1 N–H and O–H groups in total. The maximum atomic E-state index is 11.7. The maximum Gasteiger partial charge on any atom is 0.316 e. The van der Waals surface area contributed by atoms with Gasteiger partial charge in [0.05, 0.1) is 15.6 Å². The SMILES string of the molecule is Cc1ccc(NC(=O)COC(=O)CSc2ccccc2[N+](=O)[O-])cc1. The number of anilines is 1. The Morgan fingerprint density at radius 3 is 2.52 bits per heavy atom. The number of hydrogen-bond acceptors (Lipinski definition) is 6. The van der Waals surface area contributed by atoms with Crippen molar-refractivity contribution in [1.82, 2.24) is 0 Å². The van der Waals surface area contributed by atoms with Gasteiger partial charge >= 0.3 is 5.97 Å². The van der Waals surface area contributed by atoms with E-state index < -0.39 is 23.4 Å². The van der Waals surface area contributed by atoms with E-state index in [9.17, 15) is 19.7 Å². The Labute approximate surface area is 148 Å². The molecule has 0 saturated carbocycles. The fraction of sp³-hybridized carbons (Fsp3) is 0.176. The topological polar surface area (TPSA) is 98.5 Å². The van der Waals surface area contributed by atoms with Crippen LogP contribution in [0.2, 0.25) is 0 Å². The van der Waals surface area contributed by atoms with Crippen LogP contribution in [0.1, 0.15) is 5.56 Å². The molecule has 0 aliphatic heterocycles. The van der Waals surface area contributed by atoms with E-state index in [1.807, 2.05) is 19.1 Å². The van der Waals surface area contributed by atoms with Gasteiger partial charge in [-0.25, -0.2) is 0 Å². The van der Waals surface area contributed by atoms with Crippen molar-refractivity contribution in [3.8, 4) is 0 Å². The molecule has 2 aromatic carbocycles. The molecule has 0 heterocycles. The minimum absolute atomic E-state index is 0.0718. The normalized spacial score (nSPS) is 10.1. The van der Waals surface area contributed by atoms with Crippen LogP contribution in [0.25, 0.3) is 0 Å². The van der Waals surface area contributed by atoms with E-state index in [1.54, 1.807) is 30.3 Å². The van der Waals surface area contributed by atoms with Crippen molar-refractivity contribution in [2.75, 3.05) is 17.7 Å². The van der Waals surface area contributed by atoms with Gasteiger partial charge in [0.2, 0.25) is 0 Å². The molecule has 0 aromatic heterocycles. The second-order valence-corrected chi connectivity index (χ2v) is 6.11. The lowest BCUT2D eigenvalue weighted by Gasteiger charge is -2.07. The molecular weight excluding hydrogens is 344 g/mol. The number of nitro groups is 1. The number of nitro benzene ring substituents is 1. The number of esters is 1. The zero-order valence-corrected chi connectivity index (χ0v) is 14.2. The molecule has 0 aliphatic rings. The molecule has 0 radical (unpaired) electrons. The standard InChI is InChI=1S/C17H16N2O5S/c1-12-6-8-13(9-7-12)18-16(20)10-24-17(21)11-25-15-5-3-2-4-14(15)19(22)23/h2-9H,10-11H2,1H3,(H,18,20). The Bertz CT molecular complexity index is 777. The van der Waals surface area contributed by atoms with Crippen LogP contribution in [0, 0.1) is 17.0 Å². The molecule has 0 unspecified atom stereocenters. The molecule has 8 heteroatoms. The fourth-order valence-corrected chi connectivity index (χ4v) is 2.71. The zero-order chi connectivity index (χ0) is 18.2. The lowest BCUT2D eigenvalue weighted by molar-refractivity contribution is -0.387. The van der Waals surface area contributed by atoms with Crippen LogP contribution in [-0.2, 0) is 14.3 Å². The average molecular weight is 360 g/mol. The summed E-state index contributed by atoms with van der Waals surface area (Å²) in [7, 11) is 0. The minimum atomic E-state index is -0.623. The molecule has 2 rings (SSSR count). The predicted octanol–water partition coefficient (Wildman–Crippen LogP) is 3.18. The lowest BCUT2D eigenvalue weighted by Crippen LogP contribution is -2.21. The van der Waals surface area contributed by atoms with E-state index in [4.69, 9.17) is 4.74 Å². The summed E-state index contributed by atoms with van der Waals surface area (Å²) < 4.78 is 4.88. The Morgan fingerprint density at radius 1 is 1.16 bits per heavy atom. The second kappa shape index (κ2) is 8.84. The summed E-state index contributed by atoms with van der Waals surface area (Å²) in [6, 6.07) is 13.3. The first kappa shape index (κ1) is 18.5. The number of amides is 1. The van der Waals surface area contributed by atoms with Crippen molar-refractivity contribution in [3.05, 3.63) is 64.2 Å². The van der Waals surface area contributed by atoms with Gasteiger partial charge in [0, 0.05) is 11.8 Å². The van der Waals surface area contributed by atoms with Gasteiger partial charge in [0.1, 0.15) is 0 Å². The van der Waals surface area contributed by atoms with Gasteiger partial charge in [-0.2, -0.15) is 0 Å². The highest BCUT2D eigenvalue weighted by Crippen LogP contribution is 2.28. The Morgan fingerprint density at radius 2 is 1.84 bits per heavy atom. The summed E-state index contributed by atoms with van der Waals surface area (Å²) in [5, 5.41) is 13.5. The summed E-state index contributed by atoms with van der Waals surface area (Å²) in [5.41, 5.74) is 1.61. The predicted molar refractivity (Wildman–Crippen MR) is 94.6 cm³/mol. The molecule has 0 aliphatic carbocycles. The number of aryl methyl sites for hydroxylation is 1. The van der Waals surface area contributed by atoms with Crippen molar-refractivity contribution in [1.29, 1.82) is 0 Å². The van der Waals surface area contributed by atoms with Crippen molar-refractivity contribution in [2.45, 2.75) is 11.8 Å². The number of benzene rings is 2. The second-order valence-electron chi connectivity index (χ2n) is 5.09. The van der Waals surface area contributed by atoms with Crippen LogP contribution in [0.4, 0.5) is 11.4 Å². The summed E-state index contributed by atoms with van der Waals surface area (Å²) in [5.74, 6) is -1.20. The third kappa shape index (κ3) is 5.92. The third-order valence-electron chi connectivity index (χ3n) is 3.11. The monoisotopic (exact) mass is 360 g/mol. The van der Waals surface area contributed by atoms with E-state index in [1.165, 1.54) is 6.07 Å². The molecule has 0 bridgehead atoms. The number of thioether (sulfide) groups is 1. The lowest BCUT2D eigenvalue weighted by atomic mass is 10.2. The number of carbonyl (C=O) groups is 2. The molecule has 0 spiro atoms.